The van der Waals surface area contributed by atoms with E-state index in [0.717, 1.165) is 24.3 Å². The van der Waals surface area contributed by atoms with E-state index in [1.165, 1.54) is 12.8 Å². The van der Waals surface area contributed by atoms with Gasteiger partial charge in [0.05, 0.1) is 6.61 Å². The zero-order valence-corrected chi connectivity index (χ0v) is 8.87. The number of anilines is 1. The molecule has 1 aromatic carbocycles. The number of aliphatic hydroxyl groups is 1. The molecular formula is C12H18N2O. The third-order valence-corrected chi connectivity index (χ3v) is 2.80. The van der Waals surface area contributed by atoms with Gasteiger partial charge < -0.3 is 15.7 Å². The summed E-state index contributed by atoms with van der Waals surface area (Å²) in [6.45, 7) is 2.30. The van der Waals surface area contributed by atoms with Gasteiger partial charge in [-0.25, -0.2) is 0 Å². The van der Waals surface area contributed by atoms with Gasteiger partial charge in [-0.1, -0.05) is 12.1 Å². The summed E-state index contributed by atoms with van der Waals surface area (Å²) in [7, 11) is 0. The Morgan fingerprint density at radius 1 is 1.33 bits per heavy atom. The van der Waals surface area contributed by atoms with Crippen LogP contribution in [0.15, 0.2) is 24.3 Å². The average molecular weight is 206 g/mol. The van der Waals surface area contributed by atoms with E-state index in [1.54, 1.807) is 0 Å². The highest BCUT2D eigenvalue weighted by Gasteiger charge is 2.11. The van der Waals surface area contributed by atoms with Gasteiger partial charge in [0.1, 0.15) is 0 Å². The summed E-state index contributed by atoms with van der Waals surface area (Å²) < 4.78 is 0. The van der Waals surface area contributed by atoms with E-state index >= 15 is 0 Å². The van der Waals surface area contributed by atoms with Crippen LogP contribution in [0.1, 0.15) is 18.4 Å². The molecular weight excluding hydrogens is 188 g/mol. The molecule has 0 spiro atoms. The van der Waals surface area contributed by atoms with Gasteiger partial charge in [0.2, 0.25) is 0 Å². The van der Waals surface area contributed by atoms with Crippen LogP contribution in [0, 0.1) is 0 Å². The van der Waals surface area contributed by atoms with Crippen molar-refractivity contribution in [2.45, 2.75) is 25.5 Å². The molecule has 1 unspecified atom stereocenters. The standard InChI is InChI=1S/C12H18N2O/c15-9-10-3-5-11(6-4-10)14-12-2-1-7-13-8-12/h3-6,12-15H,1-2,7-9H2. The van der Waals surface area contributed by atoms with Crippen LogP contribution in [-0.2, 0) is 6.61 Å². The lowest BCUT2D eigenvalue weighted by Crippen LogP contribution is -2.38. The number of rotatable bonds is 3. The minimum absolute atomic E-state index is 0.116. The predicted octanol–water partition coefficient (Wildman–Crippen LogP) is 1.34. The van der Waals surface area contributed by atoms with Gasteiger partial charge in [0, 0.05) is 18.3 Å². The monoisotopic (exact) mass is 206 g/mol. The second-order valence-electron chi connectivity index (χ2n) is 4.04. The Morgan fingerprint density at radius 2 is 2.13 bits per heavy atom. The fourth-order valence-electron chi connectivity index (χ4n) is 1.92. The van der Waals surface area contributed by atoms with E-state index in [-0.39, 0.29) is 6.61 Å². The van der Waals surface area contributed by atoms with E-state index in [0.29, 0.717) is 6.04 Å². The van der Waals surface area contributed by atoms with Crippen molar-refractivity contribution in [2.24, 2.45) is 0 Å². The van der Waals surface area contributed by atoms with E-state index in [2.05, 4.69) is 10.6 Å². The van der Waals surface area contributed by atoms with Crippen molar-refractivity contribution in [3.05, 3.63) is 29.8 Å². The molecule has 1 heterocycles. The van der Waals surface area contributed by atoms with Gasteiger partial charge in [0.15, 0.2) is 0 Å². The molecule has 0 saturated carbocycles. The fraction of sp³-hybridized carbons (Fsp3) is 0.500. The number of piperidine rings is 1. The molecule has 1 saturated heterocycles. The quantitative estimate of drug-likeness (QED) is 0.699. The Labute approximate surface area is 90.5 Å². The third-order valence-electron chi connectivity index (χ3n) is 2.80. The Hall–Kier alpha value is -1.06. The van der Waals surface area contributed by atoms with Crippen molar-refractivity contribution in [3.63, 3.8) is 0 Å². The normalized spacial score (nSPS) is 21.3. The number of nitrogens with one attached hydrogen (secondary N) is 2. The summed E-state index contributed by atoms with van der Waals surface area (Å²) in [6, 6.07) is 8.51. The Kier molecular flexibility index (Phi) is 3.59. The zero-order chi connectivity index (χ0) is 10.5. The summed E-state index contributed by atoms with van der Waals surface area (Å²) in [4.78, 5) is 0. The minimum atomic E-state index is 0.116. The SMILES string of the molecule is OCc1ccc(NC2CCCNC2)cc1. The molecule has 0 amide bonds. The van der Waals surface area contributed by atoms with Crippen molar-refractivity contribution >= 4 is 5.69 Å². The van der Waals surface area contributed by atoms with Crippen LogP contribution >= 0.6 is 0 Å². The molecule has 82 valence electrons. The van der Waals surface area contributed by atoms with E-state index < -0.39 is 0 Å². The number of hydrogen-bond acceptors (Lipinski definition) is 3. The first-order chi connectivity index (χ1) is 7.38. The molecule has 3 N–H and O–H groups in total. The highest BCUT2D eigenvalue weighted by Crippen LogP contribution is 2.13. The molecule has 2 rings (SSSR count). The molecule has 0 aliphatic carbocycles. The van der Waals surface area contributed by atoms with Crippen molar-refractivity contribution in [1.29, 1.82) is 0 Å². The van der Waals surface area contributed by atoms with Crippen LogP contribution in [0.5, 0.6) is 0 Å². The third kappa shape index (κ3) is 2.94. The van der Waals surface area contributed by atoms with Gasteiger partial charge in [-0.3, -0.25) is 0 Å². The highest BCUT2D eigenvalue weighted by molar-refractivity contribution is 5.45. The van der Waals surface area contributed by atoms with Crippen LogP contribution in [0.4, 0.5) is 5.69 Å². The van der Waals surface area contributed by atoms with Crippen molar-refractivity contribution in [3.8, 4) is 0 Å². The highest BCUT2D eigenvalue weighted by atomic mass is 16.3. The molecule has 3 nitrogen and oxygen atoms in total. The number of benzene rings is 1. The first kappa shape index (κ1) is 10.5. The second-order valence-corrected chi connectivity index (χ2v) is 4.04. The summed E-state index contributed by atoms with van der Waals surface area (Å²) in [6.07, 6.45) is 2.47. The average Bonchev–Trinajstić information content (AvgIpc) is 2.31. The summed E-state index contributed by atoms with van der Waals surface area (Å²) in [5.74, 6) is 0. The lowest BCUT2D eigenvalue weighted by molar-refractivity contribution is 0.282. The Bertz CT molecular complexity index is 291. The van der Waals surface area contributed by atoms with Crippen LogP contribution in [-0.4, -0.2) is 24.2 Å². The number of aliphatic hydroxyl groups excluding tert-OH is 1. The second kappa shape index (κ2) is 5.14. The largest absolute Gasteiger partial charge is 0.392 e. The smallest absolute Gasteiger partial charge is 0.0681 e. The molecule has 1 aromatic rings. The predicted molar refractivity (Wildman–Crippen MR) is 61.9 cm³/mol. The van der Waals surface area contributed by atoms with E-state index in [4.69, 9.17) is 5.11 Å². The fourth-order valence-corrected chi connectivity index (χ4v) is 1.92. The lowest BCUT2D eigenvalue weighted by atomic mass is 10.1. The van der Waals surface area contributed by atoms with Gasteiger partial charge >= 0.3 is 0 Å². The van der Waals surface area contributed by atoms with Crippen LogP contribution in [0.25, 0.3) is 0 Å². The van der Waals surface area contributed by atoms with Crippen molar-refractivity contribution in [2.75, 3.05) is 18.4 Å². The number of hydrogen-bond donors (Lipinski definition) is 3. The molecule has 1 atom stereocenters. The molecule has 1 aliphatic heterocycles. The summed E-state index contributed by atoms with van der Waals surface area (Å²) in [5, 5.41) is 15.8. The van der Waals surface area contributed by atoms with E-state index in [9.17, 15) is 0 Å². The van der Waals surface area contributed by atoms with Gasteiger partial charge in [-0.05, 0) is 37.1 Å². The summed E-state index contributed by atoms with van der Waals surface area (Å²) >= 11 is 0. The van der Waals surface area contributed by atoms with Gasteiger partial charge in [-0.15, -0.1) is 0 Å². The molecule has 1 fully saturated rings. The molecule has 0 radical (unpaired) electrons. The first-order valence-corrected chi connectivity index (χ1v) is 5.55. The maximum absolute atomic E-state index is 8.92. The lowest BCUT2D eigenvalue weighted by Gasteiger charge is -2.24. The summed E-state index contributed by atoms with van der Waals surface area (Å²) in [5.41, 5.74) is 2.10. The maximum atomic E-state index is 8.92. The van der Waals surface area contributed by atoms with Crippen molar-refractivity contribution < 1.29 is 5.11 Å². The minimum Gasteiger partial charge on any atom is -0.392 e. The Balaban J connectivity index is 1.91. The molecule has 3 heteroatoms. The van der Waals surface area contributed by atoms with Crippen LogP contribution in [0.2, 0.25) is 0 Å². The van der Waals surface area contributed by atoms with Crippen LogP contribution < -0.4 is 10.6 Å². The first-order valence-electron chi connectivity index (χ1n) is 5.55. The molecule has 0 bridgehead atoms. The van der Waals surface area contributed by atoms with Crippen molar-refractivity contribution in [1.82, 2.24) is 5.32 Å². The zero-order valence-electron chi connectivity index (χ0n) is 8.87. The Morgan fingerprint density at radius 3 is 2.73 bits per heavy atom. The molecule has 15 heavy (non-hydrogen) atoms. The van der Waals surface area contributed by atoms with Gasteiger partial charge in [-0.2, -0.15) is 0 Å². The molecule has 1 aliphatic rings. The van der Waals surface area contributed by atoms with Crippen LogP contribution in [0.3, 0.4) is 0 Å². The maximum Gasteiger partial charge on any atom is 0.0681 e. The van der Waals surface area contributed by atoms with Gasteiger partial charge in [0.25, 0.3) is 0 Å². The van der Waals surface area contributed by atoms with E-state index in [1.807, 2.05) is 24.3 Å². The topological polar surface area (TPSA) is 44.3 Å². The molecule has 0 aromatic heterocycles.